The molecule has 0 atom stereocenters. The molecule has 0 fully saturated rings. The average molecular weight is 319 g/mol. The van der Waals surface area contributed by atoms with Crippen LogP contribution in [0.1, 0.15) is 18.1 Å². The number of rotatable bonds is 3. The second-order valence-corrected chi connectivity index (χ2v) is 4.83. The van der Waals surface area contributed by atoms with Gasteiger partial charge in [0.2, 0.25) is 0 Å². The average Bonchev–Trinajstić information content (AvgIpc) is 2.45. The van der Waals surface area contributed by atoms with Gasteiger partial charge in [0.15, 0.2) is 5.82 Å². The summed E-state index contributed by atoms with van der Waals surface area (Å²) in [6, 6.07) is 12.9. The third-order valence-corrected chi connectivity index (χ3v) is 3.65. The SMILES string of the molecule is CCc1ccccc1Nc1ccc(C#N)c(Br)c1F. The Bertz CT molecular complexity index is 647. The van der Waals surface area contributed by atoms with Crippen LogP contribution in [0.2, 0.25) is 0 Å². The number of hydrogen-bond donors (Lipinski definition) is 1. The number of nitrogens with zero attached hydrogens (tertiary/aromatic N) is 1. The highest BCUT2D eigenvalue weighted by molar-refractivity contribution is 9.10. The van der Waals surface area contributed by atoms with E-state index in [1.54, 1.807) is 12.1 Å². The molecule has 19 heavy (non-hydrogen) atoms. The number of halogens is 2. The van der Waals surface area contributed by atoms with Gasteiger partial charge in [0.05, 0.1) is 15.7 Å². The summed E-state index contributed by atoms with van der Waals surface area (Å²) in [6.45, 7) is 2.05. The molecule has 2 aromatic carbocycles. The van der Waals surface area contributed by atoms with Crippen molar-refractivity contribution >= 4 is 27.3 Å². The van der Waals surface area contributed by atoms with Gasteiger partial charge < -0.3 is 5.32 Å². The summed E-state index contributed by atoms with van der Waals surface area (Å²) in [4.78, 5) is 0. The lowest BCUT2D eigenvalue weighted by molar-refractivity contribution is 0.624. The van der Waals surface area contributed by atoms with Gasteiger partial charge in [-0.1, -0.05) is 25.1 Å². The van der Waals surface area contributed by atoms with E-state index in [0.717, 1.165) is 17.7 Å². The fourth-order valence-electron chi connectivity index (χ4n) is 1.83. The van der Waals surface area contributed by atoms with Crippen molar-refractivity contribution in [2.24, 2.45) is 0 Å². The van der Waals surface area contributed by atoms with E-state index in [1.807, 2.05) is 37.3 Å². The number of anilines is 2. The van der Waals surface area contributed by atoms with E-state index in [-0.39, 0.29) is 10.0 Å². The Balaban J connectivity index is 2.40. The molecule has 0 aliphatic heterocycles. The topological polar surface area (TPSA) is 35.8 Å². The number of benzene rings is 2. The first-order valence-corrected chi connectivity index (χ1v) is 6.69. The lowest BCUT2D eigenvalue weighted by Gasteiger charge is -2.12. The van der Waals surface area contributed by atoms with Crippen LogP contribution in [0.3, 0.4) is 0 Å². The minimum Gasteiger partial charge on any atom is -0.353 e. The summed E-state index contributed by atoms with van der Waals surface area (Å²) in [7, 11) is 0. The van der Waals surface area contributed by atoms with E-state index in [2.05, 4.69) is 21.2 Å². The molecule has 0 aliphatic carbocycles. The molecule has 0 aliphatic rings. The van der Waals surface area contributed by atoms with Crippen LogP contribution < -0.4 is 5.32 Å². The Labute approximate surface area is 120 Å². The van der Waals surface area contributed by atoms with Gasteiger partial charge in [-0.3, -0.25) is 0 Å². The van der Waals surface area contributed by atoms with Gasteiger partial charge in [0, 0.05) is 5.69 Å². The van der Waals surface area contributed by atoms with Crippen molar-refractivity contribution in [3.63, 3.8) is 0 Å². The second-order valence-electron chi connectivity index (χ2n) is 4.04. The zero-order valence-corrected chi connectivity index (χ0v) is 12.0. The molecule has 4 heteroatoms. The van der Waals surface area contributed by atoms with Gasteiger partial charge in [0.25, 0.3) is 0 Å². The first kappa shape index (κ1) is 13.6. The maximum Gasteiger partial charge on any atom is 0.162 e. The van der Waals surface area contributed by atoms with Crippen LogP contribution in [0.4, 0.5) is 15.8 Å². The standard InChI is InChI=1S/C15H12BrFN2/c1-2-10-5-3-4-6-12(10)19-13-8-7-11(9-18)14(16)15(13)17/h3-8,19H,2H2,1H3. The molecule has 0 spiro atoms. The molecule has 0 unspecified atom stereocenters. The molecular formula is C15H12BrFN2. The third kappa shape index (κ3) is 2.77. The normalized spacial score (nSPS) is 10.0. The molecule has 0 bridgehead atoms. The summed E-state index contributed by atoms with van der Waals surface area (Å²) in [5, 5.41) is 11.9. The number of hydrogen-bond acceptors (Lipinski definition) is 2. The number of nitriles is 1. The summed E-state index contributed by atoms with van der Waals surface area (Å²) in [5.41, 5.74) is 2.63. The maximum absolute atomic E-state index is 14.1. The highest BCUT2D eigenvalue weighted by atomic mass is 79.9. The van der Waals surface area contributed by atoms with Crippen LogP contribution in [0.25, 0.3) is 0 Å². The second kappa shape index (κ2) is 5.85. The largest absolute Gasteiger partial charge is 0.353 e. The molecule has 0 amide bonds. The van der Waals surface area contributed by atoms with Crippen molar-refractivity contribution in [3.8, 4) is 6.07 Å². The predicted molar refractivity (Wildman–Crippen MR) is 77.9 cm³/mol. The molecule has 0 radical (unpaired) electrons. The molecule has 0 saturated heterocycles. The van der Waals surface area contributed by atoms with Crippen molar-refractivity contribution in [3.05, 3.63) is 57.8 Å². The Morgan fingerprint density at radius 3 is 2.63 bits per heavy atom. The highest BCUT2D eigenvalue weighted by Crippen LogP contribution is 2.29. The van der Waals surface area contributed by atoms with Gasteiger partial charge in [-0.2, -0.15) is 5.26 Å². The van der Waals surface area contributed by atoms with Crippen molar-refractivity contribution in [1.82, 2.24) is 0 Å². The molecule has 2 rings (SSSR count). The van der Waals surface area contributed by atoms with E-state index in [1.165, 1.54) is 0 Å². The van der Waals surface area contributed by atoms with Gasteiger partial charge in [-0.15, -0.1) is 0 Å². The minimum atomic E-state index is -0.454. The summed E-state index contributed by atoms with van der Waals surface area (Å²) in [5.74, 6) is -0.454. The molecule has 2 aromatic rings. The lowest BCUT2D eigenvalue weighted by Crippen LogP contribution is -1.98. The predicted octanol–water partition coefficient (Wildman–Crippen LogP) is 4.77. The molecule has 0 saturated carbocycles. The van der Waals surface area contributed by atoms with Crippen LogP contribution in [-0.2, 0) is 6.42 Å². The van der Waals surface area contributed by atoms with E-state index in [0.29, 0.717) is 5.69 Å². The van der Waals surface area contributed by atoms with Crippen molar-refractivity contribution in [2.45, 2.75) is 13.3 Å². The minimum absolute atomic E-state index is 0.189. The van der Waals surface area contributed by atoms with Gasteiger partial charge in [-0.25, -0.2) is 4.39 Å². The quantitative estimate of drug-likeness (QED) is 0.885. The fraction of sp³-hybridized carbons (Fsp3) is 0.133. The van der Waals surface area contributed by atoms with E-state index >= 15 is 0 Å². The summed E-state index contributed by atoms with van der Waals surface area (Å²) >= 11 is 3.10. The van der Waals surface area contributed by atoms with Crippen molar-refractivity contribution in [2.75, 3.05) is 5.32 Å². The first-order chi connectivity index (χ1) is 9.17. The monoisotopic (exact) mass is 318 g/mol. The first-order valence-electron chi connectivity index (χ1n) is 5.90. The molecular weight excluding hydrogens is 307 g/mol. The molecule has 96 valence electrons. The highest BCUT2D eigenvalue weighted by Gasteiger charge is 2.11. The van der Waals surface area contributed by atoms with E-state index < -0.39 is 5.82 Å². The van der Waals surface area contributed by atoms with Crippen LogP contribution in [0.15, 0.2) is 40.9 Å². The fourth-order valence-corrected chi connectivity index (χ4v) is 2.26. The Hall–Kier alpha value is -1.86. The number of nitrogens with one attached hydrogen (secondary N) is 1. The number of aryl methyl sites for hydroxylation is 1. The van der Waals surface area contributed by atoms with Crippen LogP contribution in [0.5, 0.6) is 0 Å². The zero-order chi connectivity index (χ0) is 13.8. The smallest absolute Gasteiger partial charge is 0.162 e. The molecule has 2 nitrogen and oxygen atoms in total. The van der Waals surface area contributed by atoms with Crippen LogP contribution >= 0.6 is 15.9 Å². The lowest BCUT2D eigenvalue weighted by atomic mass is 10.1. The van der Waals surface area contributed by atoms with Gasteiger partial charge in [0.1, 0.15) is 6.07 Å². The zero-order valence-electron chi connectivity index (χ0n) is 10.4. The van der Waals surface area contributed by atoms with Crippen molar-refractivity contribution < 1.29 is 4.39 Å². The summed E-state index contributed by atoms with van der Waals surface area (Å²) in [6.07, 6.45) is 0.863. The molecule has 0 aromatic heterocycles. The number of para-hydroxylation sites is 1. The Kier molecular flexibility index (Phi) is 4.18. The van der Waals surface area contributed by atoms with Gasteiger partial charge in [-0.05, 0) is 46.1 Å². The molecule has 0 heterocycles. The Morgan fingerprint density at radius 2 is 1.95 bits per heavy atom. The van der Waals surface area contributed by atoms with Crippen molar-refractivity contribution in [1.29, 1.82) is 5.26 Å². The van der Waals surface area contributed by atoms with Crippen LogP contribution in [-0.4, -0.2) is 0 Å². The summed E-state index contributed by atoms with van der Waals surface area (Å²) < 4.78 is 14.3. The van der Waals surface area contributed by atoms with Gasteiger partial charge >= 0.3 is 0 Å². The van der Waals surface area contributed by atoms with Crippen LogP contribution in [0, 0.1) is 17.1 Å². The van der Waals surface area contributed by atoms with E-state index in [9.17, 15) is 4.39 Å². The van der Waals surface area contributed by atoms with E-state index in [4.69, 9.17) is 5.26 Å². The Morgan fingerprint density at radius 1 is 1.21 bits per heavy atom. The third-order valence-electron chi connectivity index (χ3n) is 2.87. The molecule has 1 N–H and O–H groups in total. The maximum atomic E-state index is 14.1.